The normalized spacial score (nSPS) is 13.1. The fourth-order valence-corrected chi connectivity index (χ4v) is 2.59. The van der Waals surface area contributed by atoms with E-state index >= 15 is 0 Å². The first-order valence-corrected chi connectivity index (χ1v) is 6.83. The predicted molar refractivity (Wildman–Crippen MR) is 77.6 cm³/mol. The molecule has 0 aromatic heterocycles. The number of benzene rings is 2. The zero-order valence-corrected chi connectivity index (χ0v) is 11.4. The third-order valence-electron chi connectivity index (χ3n) is 3.79. The number of hydrogen-bond acceptors (Lipinski definition) is 1. The van der Waals surface area contributed by atoms with E-state index in [2.05, 4.69) is 5.32 Å². The van der Waals surface area contributed by atoms with Gasteiger partial charge in [-0.2, -0.15) is 0 Å². The van der Waals surface area contributed by atoms with Crippen LogP contribution >= 0.6 is 0 Å². The Morgan fingerprint density at radius 3 is 2.70 bits per heavy atom. The van der Waals surface area contributed by atoms with Gasteiger partial charge in [0, 0.05) is 11.3 Å². The fourth-order valence-electron chi connectivity index (χ4n) is 2.59. The summed E-state index contributed by atoms with van der Waals surface area (Å²) in [5, 5.41) is 2.74. The Labute approximate surface area is 117 Å². The lowest BCUT2D eigenvalue weighted by Crippen LogP contribution is -2.12. The monoisotopic (exact) mass is 269 g/mol. The second kappa shape index (κ2) is 5.08. The lowest BCUT2D eigenvalue weighted by molar-refractivity contribution is 0.102. The van der Waals surface area contributed by atoms with E-state index in [1.807, 2.05) is 18.2 Å². The van der Waals surface area contributed by atoms with E-state index in [0.29, 0.717) is 16.8 Å². The zero-order chi connectivity index (χ0) is 14.1. The number of fused-ring (bicyclic) bond motifs is 1. The molecule has 1 N–H and O–H groups in total. The lowest BCUT2D eigenvalue weighted by Gasteiger charge is -2.08. The minimum Gasteiger partial charge on any atom is -0.322 e. The summed E-state index contributed by atoms with van der Waals surface area (Å²) >= 11 is 0. The first kappa shape index (κ1) is 12.9. The summed E-state index contributed by atoms with van der Waals surface area (Å²) in [6, 6.07) is 10.5. The van der Waals surface area contributed by atoms with Gasteiger partial charge in [0.1, 0.15) is 5.82 Å². The van der Waals surface area contributed by atoms with Crippen LogP contribution in [0.25, 0.3) is 0 Å². The van der Waals surface area contributed by atoms with Gasteiger partial charge in [-0.15, -0.1) is 0 Å². The predicted octanol–water partition coefficient (Wildman–Crippen LogP) is 3.88. The molecule has 20 heavy (non-hydrogen) atoms. The summed E-state index contributed by atoms with van der Waals surface area (Å²) in [5.74, 6) is -0.500. The van der Waals surface area contributed by atoms with E-state index in [1.54, 1.807) is 19.1 Å². The Hall–Kier alpha value is -2.16. The molecule has 0 unspecified atom stereocenters. The number of carbonyl (C=O) groups excluding carboxylic acids is 1. The standard InChI is InChI=1S/C17H16FNO/c1-11-5-8-15(10-16(11)18)19-17(20)14-7-6-12-3-2-4-13(12)9-14/h5-10H,2-4H2,1H3,(H,19,20). The Bertz CT molecular complexity index is 679. The summed E-state index contributed by atoms with van der Waals surface area (Å²) in [7, 11) is 0. The third kappa shape index (κ3) is 2.44. The maximum atomic E-state index is 13.5. The average Bonchev–Trinajstić information content (AvgIpc) is 2.90. The molecule has 2 aromatic rings. The molecule has 0 heterocycles. The topological polar surface area (TPSA) is 29.1 Å². The molecule has 3 rings (SSSR count). The minimum absolute atomic E-state index is 0.192. The van der Waals surface area contributed by atoms with Crippen molar-refractivity contribution in [3.8, 4) is 0 Å². The van der Waals surface area contributed by atoms with Crippen molar-refractivity contribution in [2.75, 3.05) is 5.32 Å². The Morgan fingerprint density at radius 2 is 1.90 bits per heavy atom. The molecule has 1 aliphatic carbocycles. The number of rotatable bonds is 2. The summed E-state index contributed by atoms with van der Waals surface area (Å²) in [6.07, 6.45) is 3.29. The molecular weight excluding hydrogens is 253 g/mol. The van der Waals surface area contributed by atoms with Crippen LogP contribution in [0.15, 0.2) is 36.4 Å². The summed E-state index contributed by atoms with van der Waals surface area (Å²) in [4.78, 5) is 12.2. The van der Waals surface area contributed by atoms with Gasteiger partial charge in [0.15, 0.2) is 0 Å². The van der Waals surface area contributed by atoms with Crippen LogP contribution in [0, 0.1) is 12.7 Å². The molecule has 2 nitrogen and oxygen atoms in total. The largest absolute Gasteiger partial charge is 0.322 e. The van der Waals surface area contributed by atoms with Gasteiger partial charge < -0.3 is 5.32 Å². The molecule has 2 aromatic carbocycles. The SMILES string of the molecule is Cc1ccc(NC(=O)c2ccc3c(c2)CCC3)cc1F. The molecular formula is C17H16FNO. The van der Waals surface area contributed by atoms with E-state index in [1.165, 1.54) is 17.2 Å². The van der Waals surface area contributed by atoms with Gasteiger partial charge in [-0.25, -0.2) is 4.39 Å². The lowest BCUT2D eigenvalue weighted by atomic mass is 10.1. The van der Waals surface area contributed by atoms with Gasteiger partial charge in [0.05, 0.1) is 0 Å². The quantitative estimate of drug-likeness (QED) is 0.880. The van der Waals surface area contributed by atoms with E-state index in [-0.39, 0.29) is 11.7 Å². The first-order chi connectivity index (χ1) is 9.63. The summed E-state index contributed by atoms with van der Waals surface area (Å²) < 4.78 is 13.5. The molecule has 0 radical (unpaired) electrons. The highest BCUT2D eigenvalue weighted by Crippen LogP contribution is 2.23. The second-order valence-electron chi connectivity index (χ2n) is 5.26. The number of halogens is 1. The maximum absolute atomic E-state index is 13.5. The molecule has 0 atom stereocenters. The minimum atomic E-state index is -0.309. The van der Waals surface area contributed by atoms with Crippen LogP contribution in [-0.2, 0) is 12.8 Å². The Morgan fingerprint density at radius 1 is 1.10 bits per heavy atom. The number of aryl methyl sites for hydroxylation is 3. The van der Waals surface area contributed by atoms with Crippen LogP contribution in [0.1, 0.15) is 33.5 Å². The maximum Gasteiger partial charge on any atom is 0.255 e. The van der Waals surface area contributed by atoms with Gasteiger partial charge >= 0.3 is 0 Å². The molecule has 0 spiro atoms. The highest BCUT2D eigenvalue weighted by molar-refractivity contribution is 6.04. The third-order valence-corrected chi connectivity index (χ3v) is 3.79. The Balaban J connectivity index is 1.80. The van der Waals surface area contributed by atoms with Crippen LogP contribution in [0.3, 0.4) is 0 Å². The highest BCUT2D eigenvalue weighted by Gasteiger charge is 2.14. The van der Waals surface area contributed by atoms with E-state index in [9.17, 15) is 9.18 Å². The molecule has 3 heteroatoms. The number of nitrogens with one attached hydrogen (secondary N) is 1. The van der Waals surface area contributed by atoms with Gasteiger partial charge in [-0.3, -0.25) is 4.79 Å². The highest BCUT2D eigenvalue weighted by atomic mass is 19.1. The summed E-state index contributed by atoms with van der Waals surface area (Å²) in [6.45, 7) is 1.70. The van der Waals surface area contributed by atoms with Crippen LogP contribution in [0.5, 0.6) is 0 Å². The van der Waals surface area contributed by atoms with Crippen LogP contribution in [0.2, 0.25) is 0 Å². The van der Waals surface area contributed by atoms with Crippen molar-refractivity contribution in [1.29, 1.82) is 0 Å². The number of carbonyl (C=O) groups is 1. The molecule has 0 fully saturated rings. The number of anilines is 1. The number of hydrogen-bond donors (Lipinski definition) is 1. The molecule has 0 bridgehead atoms. The number of amides is 1. The van der Waals surface area contributed by atoms with Gasteiger partial charge in [-0.05, 0) is 67.1 Å². The molecule has 0 saturated carbocycles. The molecule has 0 saturated heterocycles. The molecule has 1 amide bonds. The van der Waals surface area contributed by atoms with Crippen LogP contribution in [-0.4, -0.2) is 5.91 Å². The second-order valence-corrected chi connectivity index (χ2v) is 5.26. The van der Waals surface area contributed by atoms with Gasteiger partial charge in [-0.1, -0.05) is 12.1 Å². The Kier molecular flexibility index (Phi) is 3.26. The van der Waals surface area contributed by atoms with Gasteiger partial charge in [0.25, 0.3) is 5.91 Å². The van der Waals surface area contributed by atoms with Gasteiger partial charge in [0.2, 0.25) is 0 Å². The van der Waals surface area contributed by atoms with Crippen molar-refractivity contribution < 1.29 is 9.18 Å². The summed E-state index contributed by atoms with van der Waals surface area (Å²) in [5.41, 5.74) is 4.28. The van der Waals surface area contributed by atoms with Crippen molar-refractivity contribution in [2.45, 2.75) is 26.2 Å². The van der Waals surface area contributed by atoms with E-state index in [0.717, 1.165) is 19.3 Å². The molecule has 0 aliphatic heterocycles. The van der Waals surface area contributed by atoms with E-state index in [4.69, 9.17) is 0 Å². The first-order valence-electron chi connectivity index (χ1n) is 6.83. The van der Waals surface area contributed by atoms with Crippen molar-refractivity contribution in [3.63, 3.8) is 0 Å². The van der Waals surface area contributed by atoms with E-state index < -0.39 is 0 Å². The van der Waals surface area contributed by atoms with Crippen molar-refractivity contribution in [3.05, 3.63) is 64.5 Å². The van der Waals surface area contributed by atoms with Crippen molar-refractivity contribution in [2.24, 2.45) is 0 Å². The van der Waals surface area contributed by atoms with Crippen molar-refractivity contribution in [1.82, 2.24) is 0 Å². The fraction of sp³-hybridized carbons (Fsp3) is 0.235. The smallest absolute Gasteiger partial charge is 0.255 e. The molecule has 102 valence electrons. The average molecular weight is 269 g/mol. The zero-order valence-electron chi connectivity index (χ0n) is 11.4. The van der Waals surface area contributed by atoms with Crippen LogP contribution < -0.4 is 5.32 Å². The molecule has 1 aliphatic rings. The van der Waals surface area contributed by atoms with Crippen LogP contribution in [0.4, 0.5) is 10.1 Å². The van der Waals surface area contributed by atoms with Crippen molar-refractivity contribution >= 4 is 11.6 Å².